The molecule has 0 saturated carbocycles. The molecule has 0 radical (unpaired) electrons. The fraction of sp³-hybridized carbons (Fsp3) is 0.278. The van der Waals surface area contributed by atoms with Crippen LogP contribution in [0.25, 0.3) is 0 Å². The molecule has 27 heavy (non-hydrogen) atoms. The van der Waals surface area contributed by atoms with Gasteiger partial charge in [-0.1, -0.05) is 12.1 Å². The lowest BCUT2D eigenvalue weighted by Gasteiger charge is -2.13. The van der Waals surface area contributed by atoms with Crippen molar-refractivity contribution in [1.82, 2.24) is 5.32 Å². The molecule has 0 spiro atoms. The van der Waals surface area contributed by atoms with E-state index in [1.54, 1.807) is 19.2 Å². The molecular formula is C18H22N4O4S. The van der Waals surface area contributed by atoms with Crippen molar-refractivity contribution in [3.63, 3.8) is 0 Å². The van der Waals surface area contributed by atoms with Crippen LogP contribution in [0.1, 0.15) is 11.1 Å². The van der Waals surface area contributed by atoms with Crippen LogP contribution < -0.4 is 24.0 Å². The number of ether oxygens (including phenoxy) is 1. The van der Waals surface area contributed by atoms with Crippen molar-refractivity contribution >= 4 is 33.3 Å². The summed E-state index contributed by atoms with van der Waals surface area (Å²) in [6.07, 6.45) is 0. The van der Waals surface area contributed by atoms with Crippen LogP contribution in [-0.2, 0) is 16.8 Å². The number of amides is 2. The number of benzene rings is 2. The fourth-order valence-electron chi connectivity index (χ4n) is 2.84. The zero-order valence-corrected chi connectivity index (χ0v) is 16.4. The highest BCUT2D eigenvalue weighted by Crippen LogP contribution is 2.41. The van der Waals surface area contributed by atoms with Gasteiger partial charge in [-0.3, -0.25) is 8.61 Å². The molecule has 8 nitrogen and oxygen atoms in total. The molecule has 144 valence electrons. The average molecular weight is 390 g/mol. The number of nitrogens with zero attached hydrogens (tertiary/aromatic N) is 2. The molecule has 0 fully saturated rings. The number of hydrogen-bond donors (Lipinski definition) is 2. The molecule has 1 aliphatic rings. The van der Waals surface area contributed by atoms with E-state index in [2.05, 4.69) is 10.6 Å². The monoisotopic (exact) mass is 390 g/mol. The summed E-state index contributed by atoms with van der Waals surface area (Å²) in [5, 5.41) is 5.56. The molecule has 0 unspecified atom stereocenters. The Hall–Kier alpha value is -2.94. The third kappa shape index (κ3) is 3.50. The lowest BCUT2D eigenvalue weighted by Crippen LogP contribution is -2.32. The van der Waals surface area contributed by atoms with Crippen molar-refractivity contribution in [2.45, 2.75) is 13.5 Å². The van der Waals surface area contributed by atoms with Crippen molar-refractivity contribution < 1.29 is 17.9 Å². The van der Waals surface area contributed by atoms with E-state index < -0.39 is 10.2 Å². The van der Waals surface area contributed by atoms with Crippen LogP contribution in [0.3, 0.4) is 0 Å². The summed E-state index contributed by atoms with van der Waals surface area (Å²) in [6, 6.07) is 10.4. The van der Waals surface area contributed by atoms with E-state index in [9.17, 15) is 13.2 Å². The standard InChI is InChI=1S/C18H22N4O4S/c1-12-9-16-17(22(3)27(24,25)21(16)2)10-15(12)20-18(23)19-11-13-5-7-14(26-4)8-6-13/h5-10H,11H2,1-4H3,(H2,19,20,23). The van der Waals surface area contributed by atoms with Gasteiger partial charge in [0.15, 0.2) is 0 Å². The first-order valence-electron chi connectivity index (χ1n) is 8.29. The topological polar surface area (TPSA) is 91.0 Å². The molecular weight excluding hydrogens is 368 g/mol. The third-order valence-corrected chi connectivity index (χ3v) is 6.33. The molecule has 0 saturated heterocycles. The van der Waals surface area contributed by atoms with Crippen molar-refractivity contribution in [2.75, 3.05) is 35.1 Å². The summed E-state index contributed by atoms with van der Waals surface area (Å²) in [7, 11) is 1.04. The third-order valence-electron chi connectivity index (χ3n) is 4.55. The van der Waals surface area contributed by atoms with Crippen molar-refractivity contribution in [1.29, 1.82) is 0 Å². The summed E-state index contributed by atoms with van der Waals surface area (Å²) in [5.74, 6) is 0.751. The number of aryl methyl sites for hydroxylation is 1. The number of rotatable bonds is 4. The molecule has 2 amide bonds. The number of anilines is 3. The van der Waals surface area contributed by atoms with Gasteiger partial charge in [-0.15, -0.1) is 0 Å². The normalized spacial score (nSPS) is 14.7. The molecule has 0 bridgehead atoms. The SMILES string of the molecule is COc1ccc(CNC(=O)Nc2cc3c(cc2C)N(C)S(=O)(=O)N3C)cc1. The number of hydrogen-bond acceptors (Lipinski definition) is 4. The summed E-state index contributed by atoms with van der Waals surface area (Å²) in [5.41, 5.74) is 3.36. The van der Waals surface area contributed by atoms with E-state index in [1.807, 2.05) is 31.2 Å². The van der Waals surface area contributed by atoms with Gasteiger partial charge in [0.25, 0.3) is 0 Å². The molecule has 2 aromatic rings. The summed E-state index contributed by atoms with van der Waals surface area (Å²) in [4.78, 5) is 12.2. The second kappa shape index (κ2) is 6.99. The number of urea groups is 1. The van der Waals surface area contributed by atoms with Gasteiger partial charge >= 0.3 is 16.2 Å². The van der Waals surface area contributed by atoms with Crippen LogP contribution in [0.5, 0.6) is 5.75 Å². The van der Waals surface area contributed by atoms with E-state index >= 15 is 0 Å². The average Bonchev–Trinajstić information content (AvgIpc) is 2.81. The maximum Gasteiger partial charge on any atom is 0.326 e. The highest BCUT2D eigenvalue weighted by atomic mass is 32.2. The van der Waals surface area contributed by atoms with Gasteiger partial charge in [0, 0.05) is 26.3 Å². The smallest absolute Gasteiger partial charge is 0.326 e. The van der Waals surface area contributed by atoms with Gasteiger partial charge in [0.2, 0.25) is 0 Å². The van der Waals surface area contributed by atoms with Crippen molar-refractivity contribution in [2.24, 2.45) is 0 Å². The first-order valence-corrected chi connectivity index (χ1v) is 9.69. The van der Waals surface area contributed by atoms with Gasteiger partial charge in [-0.25, -0.2) is 4.79 Å². The van der Waals surface area contributed by atoms with Gasteiger partial charge < -0.3 is 15.4 Å². The summed E-state index contributed by atoms with van der Waals surface area (Å²) < 4.78 is 32.0. The van der Waals surface area contributed by atoms with Gasteiger partial charge in [0.1, 0.15) is 5.75 Å². The van der Waals surface area contributed by atoms with Crippen molar-refractivity contribution in [3.8, 4) is 5.75 Å². The zero-order valence-electron chi connectivity index (χ0n) is 15.6. The zero-order chi connectivity index (χ0) is 19.8. The van der Waals surface area contributed by atoms with Crippen LogP contribution >= 0.6 is 0 Å². The molecule has 9 heteroatoms. The van der Waals surface area contributed by atoms with E-state index in [4.69, 9.17) is 4.74 Å². The Labute approximate surface area is 158 Å². The number of carbonyl (C=O) groups is 1. The number of carbonyl (C=O) groups excluding carboxylic acids is 1. The fourth-order valence-corrected chi connectivity index (χ4v) is 4.00. The minimum Gasteiger partial charge on any atom is -0.497 e. The lowest BCUT2D eigenvalue weighted by atomic mass is 10.1. The Morgan fingerprint density at radius 1 is 1.07 bits per heavy atom. The minimum atomic E-state index is -3.55. The van der Waals surface area contributed by atoms with Gasteiger partial charge in [-0.05, 0) is 42.3 Å². The van der Waals surface area contributed by atoms with Gasteiger partial charge in [-0.2, -0.15) is 8.42 Å². The first-order chi connectivity index (χ1) is 12.7. The molecule has 0 aromatic heterocycles. The number of nitrogens with one attached hydrogen (secondary N) is 2. The Bertz CT molecular complexity index is 974. The Morgan fingerprint density at radius 2 is 1.67 bits per heavy atom. The van der Waals surface area contributed by atoms with E-state index in [0.29, 0.717) is 23.6 Å². The molecule has 0 atom stereocenters. The highest BCUT2D eigenvalue weighted by Gasteiger charge is 2.35. The molecule has 3 rings (SSSR count). The maximum atomic E-state index is 12.2. The maximum absolute atomic E-state index is 12.2. The molecule has 0 aliphatic carbocycles. The van der Waals surface area contributed by atoms with E-state index in [1.165, 1.54) is 22.7 Å². The Morgan fingerprint density at radius 3 is 2.26 bits per heavy atom. The van der Waals surface area contributed by atoms with Crippen LogP contribution in [0.2, 0.25) is 0 Å². The minimum absolute atomic E-state index is 0.358. The Balaban J connectivity index is 1.71. The highest BCUT2D eigenvalue weighted by molar-refractivity contribution is 7.94. The van der Waals surface area contributed by atoms with Crippen molar-refractivity contribution in [3.05, 3.63) is 47.5 Å². The van der Waals surface area contributed by atoms with Gasteiger partial charge in [0.05, 0.1) is 18.5 Å². The van der Waals surface area contributed by atoms with Crippen LogP contribution in [0.4, 0.5) is 21.9 Å². The predicted octanol–water partition coefficient (Wildman–Crippen LogP) is 2.46. The Kier molecular flexibility index (Phi) is 4.88. The molecule has 2 aromatic carbocycles. The summed E-state index contributed by atoms with van der Waals surface area (Å²) >= 11 is 0. The van der Waals surface area contributed by atoms with Crippen LogP contribution in [0, 0.1) is 6.92 Å². The van der Waals surface area contributed by atoms with Crippen LogP contribution in [0.15, 0.2) is 36.4 Å². The lowest BCUT2D eigenvalue weighted by molar-refractivity contribution is 0.251. The number of methoxy groups -OCH3 is 1. The first kappa shape index (κ1) is 18.8. The molecule has 2 N–H and O–H groups in total. The molecule has 1 aliphatic heterocycles. The van der Waals surface area contributed by atoms with E-state index in [0.717, 1.165) is 16.9 Å². The quantitative estimate of drug-likeness (QED) is 0.839. The second-order valence-corrected chi connectivity index (χ2v) is 8.25. The van der Waals surface area contributed by atoms with E-state index in [-0.39, 0.29) is 6.03 Å². The molecule has 1 heterocycles. The predicted molar refractivity (Wildman–Crippen MR) is 106 cm³/mol. The number of fused-ring (bicyclic) bond motifs is 1. The largest absolute Gasteiger partial charge is 0.497 e. The second-order valence-electron chi connectivity index (χ2n) is 6.25. The summed E-state index contributed by atoms with van der Waals surface area (Å²) in [6.45, 7) is 2.18. The van der Waals surface area contributed by atoms with Crippen LogP contribution in [-0.4, -0.2) is 35.7 Å².